The highest BCUT2D eigenvalue weighted by Gasteiger charge is 2.04. The zero-order valence-corrected chi connectivity index (χ0v) is 10.3. The van der Waals surface area contributed by atoms with E-state index < -0.39 is 0 Å². The third-order valence-electron chi connectivity index (χ3n) is 2.78. The molecule has 1 rings (SSSR count). The first-order valence-electron chi connectivity index (χ1n) is 5.83. The van der Waals surface area contributed by atoms with Gasteiger partial charge in [-0.1, -0.05) is 37.6 Å². The Bertz CT molecular complexity index is 482. The van der Waals surface area contributed by atoms with E-state index in [1.807, 2.05) is 31.2 Å². The zero-order chi connectivity index (χ0) is 12.7. The average Bonchev–Trinajstić information content (AvgIpc) is 2.38. The first-order chi connectivity index (χ1) is 8.22. The van der Waals surface area contributed by atoms with E-state index in [9.17, 15) is 0 Å². The summed E-state index contributed by atoms with van der Waals surface area (Å²) in [4.78, 5) is 0. The Morgan fingerprint density at radius 3 is 2.53 bits per heavy atom. The van der Waals surface area contributed by atoms with E-state index in [4.69, 9.17) is 10.5 Å². The highest BCUT2D eigenvalue weighted by Crippen LogP contribution is 2.19. The largest absolute Gasteiger partial charge is 0.192 e. The minimum absolute atomic E-state index is 0.192. The standard InChI is InChI=1S/C15H16N2/c1-3-4-6-13-7-5-8-14(9-13)12(2)15(10-16)11-17/h5,7-9H,3-4,6H2,1-2H3. The fourth-order valence-corrected chi connectivity index (χ4v) is 1.68. The smallest absolute Gasteiger partial charge is 0.133 e. The molecule has 1 aromatic carbocycles. The van der Waals surface area contributed by atoms with Crippen molar-refractivity contribution in [2.24, 2.45) is 0 Å². The third kappa shape index (κ3) is 3.47. The van der Waals surface area contributed by atoms with E-state index in [2.05, 4.69) is 19.1 Å². The fourth-order valence-electron chi connectivity index (χ4n) is 1.68. The quantitative estimate of drug-likeness (QED) is 0.729. The van der Waals surface area contributed by atoms with Crippen molar-refractivity contribution in [3.63, 3.8) is 0 Å². The molecule has 0 aliphatic heterocycles. The van der Waals surface area contributed by atoms with Crippen LogP contribution in [0.5, 0.6) is 0 Å². The number of benzene rings is 1. The summed E-state index contributed by atoms with van der Waals surface area (Å²) in [5, 5.41) is 17.7. The van der Waals surface area contributed by atoms with Gasteiger partial charge in [-0.3, -0.25) is 0 Å². The molecule has 0 N–H and O–H groups in total. The molecule has 17 heavy (non-hydrogen) atoms. The number of hydrogen-bond donors (Lipinski definition) is 0. The molecule has 0 aromatic heterocycles. The van der Waals surface area contributed by atoms with E-state index in [-0.39, 0.29) is 5.57 Å². The summed E-state index contributed by atoms with van der Waals surface area (Å²) in [6.45, 7) is 3.99. The maximum atomic E-state index is 8.84. The zero-order valence-electron chi connectivity index (χ0n) is 10.3. The Hall–Kier alpha value is -2.06. The van der Waals surface area contributed by atoms with Crippen molar-refractivity contribution >= 4 is 5.57 Å². The predicted molar refractivity (Wildman–Crippen MR) is 68.9 cm³/mol. The number of nitrogens with zero attached hydrogens (tertiary/aromatic N) is 2. The number of nitriles is 2. The minimum Gasteiger partial charge on any atom is -0.192 e. The second kappa shape index (κ2) is 6.51. The molecule has 86 valence electrons. The summed E-state index contributed by atoms with van der Waals surface area (Å²) in [5.41, 5.74) is 3.18. The summed E-state index contributed by atoms with van der Waals surface area (Å²) in [6, 6.07) is 11.9. The topological polar surface area (TPSA) is 47.6 Å². The molecule has 0 radical (unpaired) electrons. The summed E-state index contributed by atoms with van der Waals surface area (Å²) < 4.78 is 0. The molecule has 2 nitrogen and oxygen atoms in total. The molecule has 0 aliphatic rings. The Kier molecular flexibility index (Phi) is 4.98. The Balaban J connectivity index is 3.05. The molecule has 0 unspecified atom stereocenters. The Morgan fingerprint density at radius 1 is 1.24 bits per heavy atom. The maximum absolute atomic E-state index is 8.84. The minimum atomic E-state index is 0.192. The molecular formula is C15H16N2. The van der Waals surface area contributed by atoms with E-state index in [1.165, 1.54) is 12.0 Å². The van der Waals surface area contributed by atoms with Crippen LogP contribution in [0.1, 0.15) is 37.8 Å². The van der Waals surface area contributed by atoms with Crippen molar-refractivity contribution in [1.29, 1.82) is 10.5 Å². The Morgan fingerprint density at radius 2 is 1.94 bits per heavy atom. The molecule has 0 atom stereocenters. The summed E-state index contributed by atoms with van der Waals surface area (Å²) >= 11 is 0. The van der Waals surface area contributed by atoms with Crippen LogP contribution in [0.15, 0.2) is 29.8 Å². The summed E-state index contributed by atoms with van der Waals surface area (Å²) in [5.74, 6) is 0. The molecule has 0 heterocycles. The van der Waals surface area contributed by atoms with Gasteiger partial charge in [-0.25, -0.2) is 0 Å². The van der Waals surface area contributed by atoms with Gasteiger partial charge in [0.2, 0.25) is 0 Å². The van der Waals surface area contributed by atoms with Crippen LogP contribution in [0.3, 0.4) is 0 Å². The summed E-state index contributed by atoms with van der Waals surface area (Å²) in [7, 11) is 0. The molecule has 0 amide bonds. The number of rotatable bonds is 4. The van der Waals surface area contributed by atoms with Crippen molar-refractivity contribution in [3.05, 3.63) is 41.0 Å². The second-order valence-corrected chi connectivity index (χ2v) is 4.03. The van der Waals surface area contributed by atoms with Gasteiger partial charge >= 0.3 is 0 Å². The average molecular weight is 224 g/mol. The lowest BCUT2D eigenvalue weighted by Crippen LogP contribution is -1.89. The lowest BCUT2D eigenvalue weighted by Gasteiger charge is -2.05. The van der Waals surface area contributed by atoms with Crippen molar-refractivity contribution < 1.29 is 0 Å². The van der Waals surface area contributed by atoms with Crippen LogP contribution in [-0.2, 0) is 6.42 Å². The predicted octanol–water partition coefficient (Wildman–Crippen LogP) is 3.85. The van der Waals surface area contributed by atoms with Crippen molar-refractivity contribution in [1.82, 2.24) is 0 Å². The molecule has 0 saturated carbocycles. The van der Waals surface area contributed by atoms with Gasteiger partial charge in [-0.05, 0) is 36.5 Å². The van der Waals surface area contributed by atoms with Crippen LogP contribution < -0.4 is 0 Å². The molecule has 0 spiro atoms. The van der Waals surface area contributed by atoms with Crippen LogP contribution in [0.25, 0.3) is 5.57 Å². The van der Waals surface area contributed by atoms with Crippen molar-refractivity contribution in [2.45, 2.75) is 33.1 Å². The molecule has 0 fully saturated rings. The van der Waals surface area contributed by atoms with Crippen LogP contribution >= 0.6 is 0 Å². The van der Waals surface area contributed by atoms with Gasteiger partial charge in [-0.2, -0.15) is 10.5 Å². The van der Waals surface area contributed by atoms with Gasteiger partial charge in [0.1, 0.15) is 17.7 Å². The number of unbranched alkanes of at least 4 members (excludes halogenated alkanes) is 1. The van der Waals surface area contributed by atoms with Crippen molar-refractivity contribution in [3.8, 4) is 12.1 Å². The highest BCUT2D eigenvalue weighted by molar-refractivity contribution is 5.73. The Labute approximate surface area is 103 Å². The van der Waals surface area contributed by atoms with Crippen LogP contribution in [0.2, 0.25) is 0 Å². The fraction of sp³-hybridized carbons (Fsp3) is 0.333. The van der Waals surface area contributed by atoms with Gasteiger partial charge in [-0.15, -0.1) is 0 Å². The number of aryl methyl sites for hydroxylation is 1. The lowest BCUT2D eigenvalue weighted by atomic mass is 9.99. The van der Waals surface area contributed by atoms with Gasteiger partial charge in [0.25, 0.3) is 0 Å². The molecule has 2 heteroatoms. The number of allylic oxidation sites excluding steroid dienone is 2. The monoisotopic (exact) mass is 224 g/mol. The molecule has 1 aromatic rings. The van der Waals surface area contributed by atoms with E-state index in [0.717, 1.165) is 24.0 Å². The highest BCUT2D eigenvalue weighted by atomic mass is 14.3. The van der Waals surface area contributed by atoms with E-state index in [1.54, 1.807) is 0 Å². The first kappa shape index (κ1) is 13.0. The maximum Gasteiger partial charge on any atom is 0.133 e. The third-order valence-corrected chi connectivity index (χ3v) is 2.78. The van der Waals surface area contributed by atoms with Crippen LogP contribution in [0, 0.1) is 22.7 Å². The number of hydrogen-bond acceptors (Lipinski definition) is 2. The van der Waals surface area contributed by atoms with Crippen molar-refractivity contribution in [2.75, 3.05) is 0 Å². The second-order valence-electron chi connectivity index (χ2n) is 4.03. The molecule has 0 saturated heterocycles. The molecular weight excluding hydrogens is 208 g/mol. The van der Waals surface area contributed by atoms with Gasteiger partial charge in [0, 0.05) is 0 Å². The molecule has 0 aliphatic carbocycles. The molecule has 0 bridgehead atoms. The van der Waals surface area contributed by atoms with E-state index >= 15 is 0 Å². The first-order valence-corrected chi connectivity index (χ1v) is 5.83. The van der Waals surface area contributed by atoms with Gasteiger partial charge in [0.05, 0.1) is 0 Å². The van der Waals surface area contributed by atoms with Crippen LogP contribution in [0.4, 0.5) is 0 Å². The van der Waals surface area contributed by atoms with Crippen LogP contribution in [-0.4, -0.2) is 0 Å². The normalized spacial score (nSPS) is 9.18. The van der Waals surface area contributed by atoms with Gasteiger partial charge < -0.3 is 0 Å². The SMILES string of the molecule is CCCCc1cccc(C(C)=C(C#N)C#N)c1. The van der Waals surface area contributed by atoms with Gasteiger partial charge in [0.15, 0.2) is 0 Å². The summed E-state index contributed by atoms with van der Waals surface area (Å²) in [6.07, 6.45) is 3.38. The van der Waals surface area contributed by atoms with E-state index in [0.29, 0.717) is 0 Å². The lowest BCUT2D eigenvalue weighted by molar-refractivity contribution is 0.795.